The molecule has 0 aromatic heterocycles. The Kier molecular flexibility index (Phi) is 6.89. The summed E-state index contributed by atoms with van der Waals surface area (Å²) in [4.78, 5) is 11.4. The summed E-state index contributed by atoms with van der Waals surface area (Å²) < 4.78 is 32.8. The summed E-state index contributed by atoms with van der Waals surface area (Å²) in [5, 5.41) is 4.70. The van der Waals surface area contributed by atoms with Crippen molar-refractivity contribution >= 4 is 39.2 Å². The van der Waals surface area contributed by atoms with Gasteiger partial charge in [-0.1, -0.05) is 30.1 Å². The second-order valence-electron chi connectivity index (χ2n) is 4.06. The fourth-order valence-electron chi connectivity index (χ4n) is 1.44. The largest absolute Gasteiger partial charge is 0.460 e. The number of halogens is 2. The molecule has 0 saturated carbocycles. The summed E-state index contributed by atoms with van der Waals surface area (Å²) in [5.41, 5.74) is -0.163. The fourth-order valence-corrected chi connectivity index (χ4v) is 2.88. The number of primary sulfonamides is 1. The third-order valence-corrected chi connectivity index (χ3v) is 4.01. The Morgan fingerprint density at radius 1 is 1.24 bits per heavy atom. The van der Waals surface area contributed by atoms with Crippen molar-refractivity contribution in [2.24, 2.45) is 5.14 Å². The molecule has 0 radical (unpaired) electrons. The molecule has 0 amide bonds. The Balaban J connectivity index is 2.88. The van der Waals surface area contributed by atoms with Crippen molar-refractivity contribution in [1.82, 2.24) is 0 Å². The first-order valence-electron chi connectivity index (χ1n) is 6.04. The lowest BCUT2D eigenvalue weighted by Gasteiger charge is -2.09. The van der Waals surface area contributed by atoms with Crippen LogP contribution in [-0.4, -0.2) is 34.2 Å². The van der Waals surface area contributed by atoms with E-state index >= 15 is 0 Å². The van der Waals surface area contributed by atoms with Crippen molar-refractivity contribution < 1.29 is 22.7 Å². The van der Waals surface area contributed by atoms with Crippen LogP contribution in [0.2, 0.25) is 10.0 Å². The Morgan fingerprint density at radius 2 is 1.90 bits per heavy atom. The SMILES string of the molecule is CCCOCCOC(=O)c1cc(Cl)cc(S(N)(=O)=O)c1Cl. The number of hydrogen-bond donors (Lipinski definition) is 1. The highest BCUT2D eigenvalue weighted by Crippen LogP contribution is 2.29. The van der Waals surface area contributed by atoms with Gasteiger partial charge in [-0.15, -0.1) is 0 Å². The maximum atomic E-state index is 11.9. The molecule has 0 spiro atoms. The minimum atomic E-state index is -4.09. The Bertz CT molecular complexity index is 618. The first kappa shape index (κ1) is 18.2. The summed E-state index contributed by atoms with van der Waals surface area (Å²) in [6, 6.07) is 2.29. The molecule has 21 heavy (non-hydrogen) atoms. The van der Waals surface area contributed by atoms with E-state index in [1.165, 1.54) is 6.07 Å². The van der Waals surface area contributed by atoms with Gasteiger partial charge in [0.1, 0.15) is 11.5 Å². The number of rotatable bonds is 7. The number of sulfonamides is 1. The van der Waals surface area contributed by atoms with Crippen molar-refractivity contribution in [3.63, 3.8) is 0 Å². The minimum absolute atomic E-state index is 0.0117. The Morgan fingerprint density at radius 3 is 2.48 bits per heavy atom. The van der Waals surface area contributed by atoms with Gasteiger partial charge in [0.2, 0.25) is 10.0 Å². The number of nitrogens with two attached hydrogens (primary N) is 1. The second kappa shape index (κ2) is 7.95. The highest BCUT2D eigenvalue weighted by atomic mass is 35.5. The van der Waals surface area contributed by atoms with Gasteiger partial charge in [-0.2, -0.15) is 0 Å². The van der Waals surface area contributed by atoms with Gasteiger partial charge in [-0.25, -0.2) is 18.4 Å². The molecule has 0 saturated heterocycles. The first-order chi connectivity index (χ1) is 9.77. The molecule has 0 atom stereocenters. The molecule has 9 heteroatoms. The van der Waals surface area contributed by atoms with Gasteiger partial charge in [-0.05, 0) is 18.6 Å². The lowest BCUT2D eigenvalue weighted by molar-refractivity contribution is 0.0318. The predicted molar refractivity (Wildman–Crippen MR) is 79.2 cm³/mol. The van der Waals surface area contributed by atoms with Crippen LogP contribution in [-0.2, 0) is 19.5 Å². The number of hydrogen-bond acceptors (Lipinski definition) is 5. The molecular weight excluding hydrogens is 341 g/mol. The zero-order valence-electron chi connectivity index (χ0n) is 11.3. The van der Waals surface area contributed by atoms with E-state index < -0.39 is 20.9 Å². The third kappa shape index (κ3) is 5.44. The number of carbonyl (C=O) groups excluding carboxylic acids is 1. The minimum Gasteiger partial charge on any atom is -0.460 e. The van der Waals surface area contributed by atoms with Gasteiger partial charge >= 0.3 is 5.97 Å². The molecule has 0 aliphatic rings. The Labute approximate surface area is 133 Å². The van der Waals surface area contributed by atoms with Crippen LogP contribution < -0.4 is 5.14 Å². The van der Waals surface area contributed by atoms with E-state index in [1.54, 1.807) is 0 Å². The Hall–Kier alpha value is -0.860. The number of esters is 1. The maximum absolute atomic E-state index is 11.9. The molecule has 6 nitrogen and oxygen atoms in total. The number of carbonyl (C=O) groups is 1. The maximum Gasteiger partial charge on any atom is 0.339 e. The van der Waals surface area contributed by atoms with E-state index in [9.17, 15) is 13.2 Å². The molecule has 0 aliphatic heterocycles. The van der Waals surface area contributed by atoms with Crippen molar-refractivity contribution in [1.29, 1.82) is 0 Å². The van der Waals surface area contributed by atoms with Crippen LogP contribution in [0.5, 0.6) is 0 Å². The van der Waals surface area contributed by atoms with E-state index in [4.69, 9.17) is 37.8 Å². The molecule has 0 aliphatic carbocycles. The van der Waals surface area contributed by atoms with Crippen LogP contribution >= 0.6 is 23.2 Å². The van der Waals surface area contributed by atoms with Crippen LogP contribution in [0, 0.1) is 0 Å². The monoisotopic (exact) mass is 355 g/mol. The van der Waals surface area contributed by atoms with E-state index in [0.29, 0.717) is 6.61 Å². The van der Waals surface area contributed by atoms with Crippen LogP contribution in [0.15, 0.2) is 17.0 Å². The average Bonchev–Trinajstić information content (AvgIpc) is 2.39. The van der Waals surface area contributed by atoms with Gasteiger partial charge < -0.3 is 9.47 Å². The van der Waals surface area contributed by atoms with Crippen molar-refractivity contribution in [2.75, 3.05) is 19.8 Å². The first-order valence-corrected chi connectivity index (χ1v) is 8.34. The number of ether oxygens (including phenoxy) is 2. The van der Waals surface area contributed by atoms with E-state index in [0.717, 1.165) is 12.5 Å². The van der Waals surface area contributed by atoms with Gasteiger partial charge in [0.05, 0.1) is 17.2 Å². The van der Waals surface area contributed by atoms with E-state index in [2.05, 4.69) is 0 Å². The summed E-state index contributed by atoms with van der Waals surface area (Å²) in [6.07, 6.45) is 0.853. The molecule has 1 aromatic rings. The van der Waals surface area contributed by atoms with Crippen molar-refractivity contribution in [2.45, 2.75) is 18.2 Å². The molecule has 2 N–H and O–H groups in total. The number of benzene rings is 1. The lowest BCUT2D eigenvalue weighted by atomic mass is 10.2. The highest BCUT2D eigenvalue weighted by molar-refractivity contribution is 7.89. The average molecular weight is 356 g/mol. The zero-order chi connectivity index (χ0) is 16.0. The standard InChI is InChI=1S/C12H15Cl2NO5S/c1-2-3-19-4-5-20-12(16)9-6-8(13)7-10(11(9)14)21(15,17)18/h6-7H,2-5H2,1H3,(H2,15,17,18). The highest BCUT2D eigenvalue weighted by Gasteiger charge is 2.22. The van der Waals surface area contributed by atoms with Gasteiger partial charge in [-0.3, -0.25) is 0 Å². The van der Waals surface area contributed by atoms with E-state index in [-0.39, 0.29) is 28.8 Å². The molecule has 1 rings (SSSR count). The molecule has 0 bridgehead atoms. The van der Waals surface area contributed by atoms with E-state index in [1.807, 2.05) is 6.92 Å². The third-order valence-electron chi connectivity index (χ3n) is 2.34. The van der Waals surface area contributed by atoms with Crippen molar-refractivity contribution in [3.05, 3.63) is 27.7 Å². The quantitative estimate of drug-likeness (QED) is 0.597. The summed E-state index contributed by atoms with van der Waals surface area (Å²) in [5.74, 6) is -0.799. The van der Waals surface area contributed by atoms with Crippen LogP contribution in [0.4, 0.5) is 0 Å². The van der Waals surface area contributed by atoms with Gasteiger partial charge in [0, 0.05) is 11.6 Å². The lowest BCUT2D eigenvalue weighted by Crippen LogP contribution is -2.16. The second-order valence-corrected chi connectivity index (χ2v) is 6.40. The molecule has 1 aromatic carbocycles. The molecule has 0 unspecified atom stereocenters. The molecule has 0 fully saturated rings. The van der Waals surface area contributed by atoms with Crippen LogP contribution in [0.1, 0.15) is 23.7 Å². The summed E-state index contributed by atoms with van der Waals surface area (Å²) in [6.45, 7) is 2.77. The van der Waals surface area contributed by atoms with Crippen LogP contribution in [0.3, 0.4) is 0 Å². The summed E-state index contributed by atoms with van der Waals surface area (Å²) in [7, 11) is -4.09. The molecule has 118 valence electrons. The van der Waals surface area contributed by atoms with Crippen molar-refractivity contribution in [3.8, 4) is 0 Å². The predicted octanol–water partition coefficient (Wildman–Crippen LogP) is 2.22. The topological polar surface area (TPSA) is 95.7 Å². The normalized spacial score (nSPS) is 11.4. The molecule has 0 heterocycles. The zero-order valence-corrected chi connectivity index (χ0v) is 13.6. The smallest absolute Gasteiger partial charge is 0.339 e. The van der Waals surface area contributed by atoms with Gasteiger partial charge in [0.15, 0.2) is 0 Å². The van der Waals surface area contributed by atoms with Gasteiger partial charge in [0.25, 0.3) is 0 Å². The molecular formula is C12H15Cl2NO5S. The summed E-state index contributed by atoms with van der Waals surface area (Å²) >= 11 is 11.6. The fraction of sp³-hybridized carbons (Fsp3) is 0.417. The van der Waals surface area contributed by atoms with Crippen LogP contribution in [0.25, 0.3) is 0 Å².